The van der Waals surface area contributed by atoms with Crippen LogP contribution in [0.3, 0.4) is 0 Å². The molecular weight excluding hydrogens is 338 g/mol. The van der Waals surface area contributed by atoms with E-state index in [9.17, 15) is 4.79 Å². The van der Waals surface area contributed by atoms with Crippen molar-refractivity contribution in [1.82, 2.24) is 16.0 Å². The van der Waals surface area contributed by atoms with Crippen LogP contribution in [0.1, 0.15) is 45.1 Å². The van der Waals surface area contributed by atoms with Crippen LogP contribution in [0.15, 0.2) is 24.3 Å². The lowest BCUT2D eigenvalue weighted by Crippen LogP contribution is -2.41. The summed E-state index contributed by atoms with van der Waals surface area (Å²) in [6, 6.07) is 8.18. The molecule has 2 heterocycles. The van der Waals surface area contributed by atoms with Gasteiger partial charge in [0.1, 0.15) is 5.75 Å². The van der Waals surface area contributed by atoms with Crippen molar-refractivity contribution in [3.05, 3.63) is 29.8 Å². The Hall–Kier alpha value is -1.59. The molecule has 2 aliphatic heterocycles. The normalized spacial score (nSPS) is 21.5. The summed E-state index contributed by atoms with van der Waals surface area (Å²) in [5.41, 5.74) is 1.53. The van der Waals surface area contributed by atoms with Gasteiger partial charge in [0.25, 0.3) is 0 Å². The van der Waals surface area contributed by atoms with Gasteiger partial charge < -0.3 is 20.7 Å². The molecule has 2 saturated heterocycles. The number of carbonyl (C=O) groups excluding carboxylic acids is 1. The second kappa shape index (κ2) is 9.56. The molecule has 0 aliphatic carbocycles. The third-order valence-electron chi connectivity index (χ3n) is 5.92. The predicted molar refractivity (Wildman–Crippen MR) is 109 cm³/mol. The van der Waals surface area contributed by atoms with Crippen LogP contribution in [0.25, 0.3) is 0 Å². The zero-order valence-corrected chi connectivity index (χ0v) is 16.9. The van der Waals surface area contributed by atoms with Crippen LogP contribution in [0.5, 0.6) is 5.75 Å². The highest BCUT2D eigenvalue weighted by atomic mass is 16.5. The van der Waals surface area contributed by atoms with Crippen LogP contribution in [-0.2, 0) is 11.2 Å². The molecule has 27 heavy (non-hydrogen) atoms. The van der Waals surface area contributed by atoms with Gasteiger partial charge in [0.2, 0.25) is 5.91 Å². The second-order valence-corrected chi connectivity index (χ2v) is 8.61. The van der Waals surface area contributed by atoms with Gasteiger partial charge in [0, 0.05) is 13.1 Å². The largest absolute Gasteiger partial charge is 0.494 e. The summed E-state index contributed by atoms with van der Waals surface area (Å²) in [6.07, 6.45) is 5.21. The average molecular weight is 374 g/mol. The van der Waals surface area contributed by atoms with Crippen LogP contribution in [-0.4, -0.2) is 44.7 Å². The fourth-order valence-electron chi connectivity index (χ4n) is 4.10. The van der Waals surface area contributed by atoms with Gasteiger partial charge in [-0.2, -0.15) is 0 Å². The number of ether oxygens (including phenoxy) is 1. The number of hydrogen-bond acceptors (Lipinski definition) is 4. The molecule has 1 atom stereocenters. The molecule has 1 aromatic carbocycles. The monoisotopic (exact) mass is 373 g/mol. The van der Waals surface area contributed by atoms with Gasteiger partial charge in [-0.15, -0.1) is 0 Å². The van der Waals surface area contributed by atoms with Crippen LogP contribution in [0.4, 0.5) is 0 Å². The Kier molecular flexibility index (Phi) is 7.13. The van der Waals surface area contributed by atoms with Gasteiger partial charge in [0.15, 0.2) is 0 Å². The third kappa shape index (κ3) is 5.94. The van der Waals surface area contributed by atoms with E-state index < -0.39 is 0 Å². The summed E-state index contributed by atoms with van der Waals surface area (Å²) in [5.74, 6) is 1.72. The van der Waals surface area contributed by atoms with E-state index in [1.807, 2.05) is 12.1 Å². The maximum Gasteiger partial charge on any atom is 0.237 e. The molecule has 0 radical (unpaired) electrons. The average Bonchev–Trinajstić information content (AvgIpc) is 3.06. The molecule has 1 aromatic rings. The van der Waals surface area contributed by atoms with Crippen molar-refractivity contribution >= 4 is 5.91 Å². The van der Waals surface area contributed by atoms with E-state index in [4.69, 9.17) is 4.74 Å². The summed E-state index contributed by atoms with van der Waals surface area (Å²) in [6.45, 7) is 8.95. The van der Waals surface area contributed by atoms with Crippen LogP contribution >= 0.6 is 0 Å². The lowest BCUT2D eigenvalue weighted by molar-refractivity contribution is -0.122. The maximum atomic E-state index is 12.5. The van der Waals surface area contributed by atoms with Gasteiger partial charge in [-0.3, -0.25) is 4.79 Å². The highest BCUT2D eigenvalue weighted by Crippen LogP contribution is 2.37. The van der Waals surface area contributed by atoms with Gasteiger partial charge in [-0.25, -0.2) is 0 Å². The van der Waals surface area contributed by atoms with Gasteiger partial charge in [0.05, 0.1) is 12.6 Å². The lowest BCUT2D eigenvalue weighted by Gasteiger charge is -2.33. The summed E-state index contributed by atoms with van der Waals surface area (Å²) in [4.78, 5) is 12.5. The van der Waals surface area contributed by atoms with Crippen molar-refractivity contribution in [2.45, 2.75) is 52.0 Å². The standard InChI is InChI=1S/C22H35N3O2/c1-17(2)7-13-27-19-5-3-4-18(14-19)6-10-24-21(26)20-15-22(16-25-20)8-11-23-12-9-22/h3-5,14,17,20,23,25H,6-13,15-16H2,1-2H3,(H,24,26). The van der Waals surface area contributed by atoms with E-state index in [1.165, 1.54) is 18.4 Å². The minimum atomic E-state index is -0.0335. The molecule has 0 aromatic heterocycles. The molecular formula is C22H35N3O2. The van der Waals surface area contributed by atoms with Gasteiger partial charge in [-0.05, 0) is 74.2 Å². The van der Waals surface area contributed by atoms with E-state index in [1.54, 1.807) is 0 Å². The Morgan fingerprint density at radius 1 is 1.33 bits per heavy atom. The molecule has 2 fully saturated rings. The third-order valence-corrected chi connectivity index (χ3v) is 5.92. The fraction of sp³-hybridized carbons (Fsp3) is 0.682. The molecule has 5 heteroatoms. The van der Waals surface area contributed by atoms with E-state index in [-0.39, 0.29) is 11.9 Å². The van der Waals surface area contributed by atoms with Crippen LogP contribution in [0, 0.1) is 11.3 Å². The van der Waals surface area contributed by atoms with Gasteiger partial charge in [-0.1, -0.05) is 26.0 Å². The van der Waals surface area contributed by atoms with E-state index >= 15 is 0 Å². The number of piperidine rings is 1. The highest BCUT2D eigenvalue weighted by Gasteiger charge is 2.41. The molecule has 1 spiro atoms. The number of carbonyl (C=O) groups is 1. The Morgan fingerprint density at radius 3 is 2.93 bits per heavy atom. The molecule has 0 saturated carbocycles. The maximum absolute atomic E-state index is 12.5. The first-order valence-corrected chi connectivity index (χ1v) is 10.5. The van der Waals surface area contributed by atoms with Crippen molar-refractivity contribution in [2.75, 3.05) is 32.8 Å². The van der Waals surface area contributed by atoms with Crippen LogP contribution < -0.4 is 20.7 Å². The molecule has 0 bridgehead atoms. The minimum Gasteiger partial charge on any atom is -0.494 e. The van der Waals surface area contributed by atoms with E-state index in [2.05, 4.69) is 41.9 Å². The van der Waals surface area contributed by atoms with Crippen molar-refractivity contribution in [3.8, 4) is 5.75 Å². The first-order valence-electron chi connectivity index (χ1n) is 10.5. The Balaban J connectivity index is 1.40. The Morgan fingerprint density at radius 2 is 2.15 bits per heavy atom. The molecule has 1 amide bonds. The van der Waals surface area contributed by atoms with Crippen molar-refractivity contribution < 1.29 is 9.53 Å². The van der Waals surface area contributed by atoms with E-state index in [0.29, 0.717) is 17.9 Å². The molecule has 3 rings (SSSR count). The summed E-state index contributed by atoms with van der Waals surface area (Å²) in [7, 11) is 0. The second-order valence-electron chi connectivity index (χ2n) is 8.61. The van der Waals surface area contributed by atoms with E-state index in [0.717, 1.165) is 51.3 Å². The smallest absolute Gasteiger partial charge is 0.237 e. The molecule has 1 unspecified atom stereocenters. The van der Waals surface area contributed by atoms with Crippen molar-refractivity contribution in [1.29, 1.82) is 0 Å². The molecule has 150 valence electrons. The van der Waals surface area contributed by atoms with Gasteiger partial charge >= 0.3 is 0 Å². The minimum absolute atomic E-state index is 0.0335. The van der Waals surface area contributed by atoms with Crippen LogP contribution in [0.2, 0.25) is 0 Å². The van der Waals surface area contributed by atoms with Crippen molar-refractivity contribution in [3.63, 3.8) is 0 Å². The summed E-state index contributed by atoms with van der Waals surface area (Å²) < 4.78 is 5.83. The first-order chi connectivity index (χ1) is 13.1. The number of benzene rings is 1. The molecule has 2 aliphatic rings. The molecule has 5 nitrogen and oxygen atoms in total. The number of nitrogens with one attached hydrogen (secondary N) is 3. The predicted octanol–water partition coefficient (Wildman–Crippen LogP) is 2.50. The number of amides is 1. The Bertz CT molecular complexity index is 611. The Labute approximate surface area is 163 Å². The molecule has 3 N–H and O–H groups in total. The number of rotatable bonds is 8. The zero-order chi connectivity index (χ0) is 19.1. The first kappa shape index (κ1) is 20.2. The number of hydrogen-bond donors (Lipinski definition) is 3. The SMILES string of the molecule is CC(C)CCOc1cccc(CCNC(=O)C2CC3(CCNCC3)CN2)c1. The summed E-state index contributed by atoms with van der Waals surface area (Å²) in [5, 5.41) is 9.98. The van der Waals surface area contributed by atoms with Crippen molar-refractivity contribution in [2.24, 2.45) is 11.3 Å². The lowest BCUT2D eigenvalue weighted by atomic mass is 9.77. The summed E-state index contributed by atoms with van der Waals surface area (Å²) >= 11 is 0. The topological polar surface area (TPSA) is 62.4 Å². The zero-order valence-electron chi connectivity index (χ0n) is 16.9. The quantitative estimate of drug-likeness (QED) is 0.655. The highest BCUT2D eigenvalue weighted by molar-refractivity contribution is 5.82. The fourth-order valence-corrected chi connectivity index (χ4v) is 4.10.